The largest absolute Gasteiger partial charge is 0.444 e. The fraction of sp³-hybridized carbons (Fsp3) is 0.600. The van der Waals surface area contributed by atoms with Gasteiger partial charge in [0, 0.05) is 46.0 Å². The molecule has 0 bridgehead atoms. The van der Waals surface area contributed by atoms with E-state index in [1.165, 1.54) is 26.2 Å². The molecule has 2 rings (SSSR count). The second kappa shape index (κ2) is 9.72. The van der Waals surface area contributed by atoms with Gasteiger partial charge in [0.05, 0.1) is 11.1 Å². The van der Waals surface area contributed by atoms with Crippen LogP contribution < -0.4 is 5.32 Å². The quantitative estimate of drug-likeness (QED) is 0.703. The zero-order chi connectivity index (χ0) is 23.6. The molecule has 174 valence electrons. The SMILES string of the molecule is CC(C(=O)Nc1ccc(Cl)c(S(=O)(=O)N(C)C)c1)N1CCN(C(=O)OC(C)(C)C)CC1. The van der Waals surface area contributed by atoms with E-state index in [2.05, 4.69) is 5.32 Å². The topological polar surface area (TPSA) is 99.3 Å². The lowest BCUT2D eigenvalue weighted by atomic mass is 10.2. The third-order valence-corrected chi connectivity index (χ3v) is 7.15. The molecule has 31 heavy (non-hydrogen) atoms. The summed E-state index contributed by atoms with van der Waals surface area (Å²) in [5.41, 5.74) is -0.215. The number of amides is 2. The zero-order valence-corrected chi connectivity index (χ0v) is 20.4. The normalized spacial score (nSPS) is 16.8. The van der Waals surface area contributed by atoms with Gasteiger partial charge < -0.3 is 15.0 Å². The Kier molecular flexibility index (Phi) is 7.96. The maximum absolute atomic E-state index is 12.7. The maximum atomic E-state index is 12.7. The van der Waals surface area contributed by atoms with Crippen LogP contribution in [0.3, 0.4) is 0 Å². The molecule has 1 atom stereocenters. The number of nitrogens with one attached hydrogen (secondary N) is 1. The molecular weight excluding hydrogens is 444 g/mol. The number of hydrogen-bond acceptors (Lipinski definition) is 6. The van der Waals surface area contributed by atoms with Crippen molar-refractivity contribution in [1.82, 2.24) is 14.1 Å². The van der Waals surface area contributed by atoms with Gasteiger partial charge in [0.15, 0.2) is 0 Å². The van der Waals surface area contributed by atoms with Crippen molar-refractivity contribution < 1.29 is 22.7 Å². The Morgan fingerprint density at radius 3 is 2.26 bits per heavy atom. The highest BCUT2D eigenvalue weighted by molar-refractivity contribution is 7.89. The molecule has 1 saturated heterocycles. The first kappa shape index (κ1) is 25.4. The second-order valence-electron chi connectivity index (χ2n) is 8.60. The fourth-order valence-electron chi connectivity index (χ4n) is 3.01. The van der Waals surface area contributed by atoms with Crippen LogP contribution in [0.1, 0.15) is 27.7 Å². The first-order chi connectivity index (χ1) is 14.2. The van der Waals surface area contributed by atoms with E-state index < -0.39 is 21.7 Å². The number of carbonyl (C=O) groups is 2. The number of ether oxygens (including phenoxy) is 1. The highest BCUT2D eigenvalue weighted by Gasteiger charge is 2.30. The molecule has 0 spiro atoms. The van der Waals surface area contributed by atoms with Crippen LogP contribution in [-0.2, 0) is 19.6 Å². The summed E-state index contributed by atoms with van der Waals surface area (Å²) in [6.45, 7) is 9.19. The third kappa shape index (κ3) is 6.55. The van der Waals surface area contributed by atoms with Crippen LogP contribution in [0.4, 0.5) is 10.5 Å². The van der Waals surface area contributed by atoms with Gasteiger partial charge >= 0.3 is 6.09 Å². The minimum Gasteiger partial charge on any atom is -0.444 e. The smallest absolute Gasteiger partial charge is 0.410 e. The predicted molar refractivity (Wildman–Crippen MR) is 120 cm³/mol. The van der Waals surface area contributed by atoms with Gasteiger partial charge in [0.1, 0.15) is 10.5 Å². The summed E-state index contributed by atoms with van der Waals surface area (Å²) in [6.07, 6.45) is -0.361. The van der Waals surface area contributed by atoms with Crippen molar-refractivity contribution in [2.45, 2.75) is 44.2 Å². The fourth-order valence-corrected chi connectivity index (χ4v) is 4.40. The van der Waals surface area contributed by atoms with Crippen LogP contribution in [0, 0.1) is 0 Å². The molecule has 1 fully saturated rings. The van der Waals surface area contributed by atoms with Crippen molar-refractivity contribution in [2.75, 3.05) is 45.6 Å². The number of carbonyl (C=O) groups excluding carboxylic acids is 2. The summed E-state index contributed by atoms with van der Waals surface area (Å²) in [7, 11) is -0.918. The van der Waals surface area contributed by atoms with E-state index in [1.807, 2.05) is 25.7 Å². The van der Waals surface area contributed by atoms with E-state index in [0.717, 1.165) is 4.31 Å². The molecule has 0 aromatic heterocycles. The number of rotatable bonds is 5. The van der Waals surface area contributed by atoms with Crippen LogP contribution in [-0.4, -0.2) is 86.4 Å². The number of sulfonamides is 1. The summed E-state index contributed by atoms with van der Waals surface area (Å²) in [4.78, 5) is 28.5. The minimum atomic E-state index is -3.74. The summed E-state index contributed by atoms with van der Waals surface area (Å²) < 4.78 is 31.3. The lowest BCUT2D eigenvalue weighted by Crippen LogP contribution is -2.54. The Balaban J connectivity index is 2.00. The maximum Gasteiger partial charge on any atom is 0.410 e. The van der Waals surface area contributed by atoms with Crippen molar-refractivity contribution in [3.63, 3.8) is 0 Å². The van der Waals surface area contributed by atoms with Crippen LogP contribution in [0.2, 0.25) is 5.02 Å². The Morgan fingerprint density at radius 2 is 1.74 bits per heavy atom. The van der Waals surface area contributed by atoms with Gasteiger partial charge in [-0.3, -0.25) is 9.69 Å². The van der Waals surface area contributed by atoms with Gasteiger partial charge in [-0.15, -0.1) is 0 Å². The van der Waals surface area contributed by atoms with Gasteiger partial charge in [0.2, 0.25) is 15.9 Å². The summed E-state index contributed by atoms with van der Waals surface area (Å²) in [5.74, 6) is -0.277. The molecule has 1 aromatic rings. The van der Waals surface area contributed by atoms with E-state index in [0.29, 0.717) is 31.9 Å². The molecule has 1 aliphatic rings. The molecule has 0 aliphatic carbocycles. The number of piperazine rings is 1. The first-order valence-corrected chi connectivity index (χ1v) is 11.8. The van der Waals surface area contributed by atoms with Gasteiger partial charge in [-0.2, -0.15) is 0 Å². The van der Waals surface area contributed by atoms with Crippen molar-refractivity contribution in [1.29, 1.82) is 0 Å². The van der Waals surface area contributed by atoms with E-state index in [1.54, 1.807) is 17.9 Å². The zero-order valence-electron chi connectivity index (χ0n) is 18.8. The second-order valence-corrected chi connectivity index (χ2v) is 11.1. The van der Waals surface area contributed by atoms with Crippen molar-refractivity contribution in [3.8, 4) is 0 Å². The average Bonchev–Trinajstić information content (AvgIpc) is 2.67. The molecule has 11 heteroatoms. The number of hydrogen-bond donors (Lipinski definition) is 1. The standard InChI is InChI=1S/C20H31ClN4O5S/c1-14(24-9-11-25(12-10-24)19(27)30-20(2,3)4)18(26)22-15-7-8-16(21)17(13-15)31(28,29)23(5)6/h7-8,13-14H,9-12H2,1-6H3,(H,22,26). The van der Waals surface area contributed by atoms with Crippen molar-refractivity contribution in [2.24, 2.45) is 0 Å². The molecule has 2 amide bonds. The molecule has 1 aliphatic heterocycles. The molecule has 1 unspecified atom stereocenters. The Labute approximate surface area is 189 Å². The molecule has 9 nitrogen and oxygen atoms in total. The Morgan fingerprint density at radius 1 is 1.16 bits per heavy atom. The van der Waals surface area contributed by atoms with Crippen LogP contribution in [0.15, 0.2) is 23.1 Å². The van der Waals surface area contributed by atoms with Crippen molar-refractivity contribution >= 4 is 39.3 Å². The average molecular weight is 475 g/mol. The molecular formula is C20H31ClN4O5S. The molecule has 0 radical (unpaired) electrons. The van der Waals surface area contributed by atoms with Gasteiger partial charge in [-0.1, -0.05) is 11.6 Å². The van der Waals surface area contributed by atoms with E-state index in [-0.39, 0.29) is 21.9 Å². The summed E-state index contributed by atoms with van der Waals surface area (Å²) in [5, 5.41) is 2.84. The molecule has 1 N–H and O–H groups in total. The predicted octanol–water partition coefficient (Wildman–Crippen LogP) is 2.47. The molecule has 1 heterocycles. The van der Waals surface area contributed by atoms with Gasteiger partial charge in [0.25, 0.3) is 0 Å². The van der Waals surface area contributed by atoms with Gasteiger partial charge in [-0.25, -0.2) is 17.5 Å². The van der Waals surface area contributed by atoms with Gasteiger partial charge in [-0.05, 0) is 45.9 Å². The summed E-state index contributed by atoms with van der Waals surface area (Å²) in [6, 6.07) is 3.88. The number of benzene rings is 1. The number of anilines is 1. The Bertz CT molecular complexity index is 922. The number of halogens is 1. The molecule has 0 saturated carbocycles. The third-order valence-electron chi connectivity index (χ3n) is 4.85. The summed E-state index contributed by atoms with van der Waals surface area (Å²) >= 11 is 6.06. The number of nitrogens with zero attached hydrogens (tertiary/aromatic N) is 3. The highest BCUT2D eigenvalue weighted by Crippen LogP contribution is 2.27. The van der Waals surface area contributed by atoms with E-state index in [4.69, 9.17) is 16.3 Å². The first-order valence-electron chi connectivity index (χ1n) is 9.97. The van der Waals surface area contributed by atoms with Crippen molar-refractivity contribution in [3.05, 3.63) is 23.2 Å². The Hall–Kier alpha value is -1.88. The minimum absolute atomic E-state index is 0.0735. The lowest BCUT2D eigenvalue weighted by Gasteiger charge is -2.37. The highest BCUT2D eigenvalue weighted by atomic mass is 35.5. The van der Waals surface area contributed by atoms with E-state index in [9.17, 15) is 18.0 Å². The van der Waals surface area contributed by atoms with E-state index >= 15 is 0 Å². The van der Waals surface area contributed by atoms with Crippen LogP contribution >= 0.6 is 11.6 Å². The molecule has 1 aromatic carbocycles. The monoisotopic (exact) mass is 474 g/mol. The van der Waals surface area contributed by atoms with Crippen LogP contribution in [0.25, 0.3) is 0 Å². The van der Waals surface area contributed by atoms with Crippen LogP contribution in [0.5, 0.6) is 0 Å². The lowest BCUT2D eigenvalue weighted by molar-refractivity contribution is -0.121.